The van der Waals surface area contributed by atoms with Crippen LogP contribution in [0.2, 0.25) is 0 Å². The summed E-state index contributed by atoms with van der Waals surface area (Å²) in [5.41, 5.74) is 4.40. The van der Waals surface area contributed by atoms with E-state index in [1.54, 1.807) is 14.0 Å². The van der Waals surface area contributed by atoms with Crippen molar-refractivity contribution in [3.05, 3.63) is 28.3 Å². The van der Waals surface area contributed by atoms with E-state index in [0.717, 1.165) is 28.0 Å². The molecule has 1 aromatic rings. The van der Waals surface area contributed by atoms with Gasteiger partial charge in [0.05, 0.1) is 13.7 Å². The Kier molecular flexibility index (Phi) is 5.01. The van der Waals surface area contributed by atoms with E-state index < -0.39 is 0 Å². The van der Waals surface area contributed by atoms with Gasteiger partial charge in [0.25, 0.3) is 0 Å². The van der Waals surface area contributed by atoms with Crippen LogP contribution >= 0.6 is 0 Å². The summed E-state index contributed by atoms with van der Waals surface area (Å²) in [7, 11) is 1.67. The number of ether oxygens (including phenoxy) is 2. The van der Waals surface area contributed by atoms with Crippen LogP contribution < -0.4 is 10.1 Å². The second-order valence-corrected chi connectivity index (χ2v) is 4.21. The van der Waals surface area contributed by atoms with Crippen molar-refractivity contribution in [1.29, 1.82) is 0 Å². The van der Waals surface area contributed by atoms with Crippen molar-refractivity contribution < 1.29 is 14.3 Å². The van der Waals surface area contributed by atoms with Gasteiger partial charge in [0, 0.05) is 6.54 Å². The molecule has 0 aliphatic heterocycles. The van der Waals surface area contributed by atoms with Crippen LogP contribution in [0, 0.1) is 20.8 Å². The van der Waals surface area contributed by atoms with Crippen molar-refractivity contribution >= 4 is 6.09 Å². The molecular formula is C14H21NO3. The lowest BCUT2D eigenvalue weighted by Gasteiger charge is -2.16. The first-order valence-corrected chi connectivity index (χ1v) is 6.05. The molecule has 0 spiro atoms. The Morgan fingerprint density at radius 1 is 1.28 bits per heavy atom. The van der Waals surface area contributed by atoms with Gasteiger partial charge in [0.1, 0.15) is 5.75 Å². The summed E-state index contributed by atoms with van der Waals surface area (Å²) in [6, 6.07) is 2.04. The zero-order valence-electron chi connectivity index (χ0n) is 11.7. The second kappa shape index (κ2) is 6.28. The quantitative estimate of drug-likeness (QED) is 0.895. The van der Waals surface area contributed by atoms with Crippen LogP contribution in [0.25, 0.3) is 0 Å². The van der Waals surface area contributed by atoms with Gasteiger partial charge in [-0.25, -0.2) is 4.79 Å². The average Bonchev–Trinajstić information content (AvgIpc) is 2.33. The molecule has 0 heterocycles. The monoisotopic (exact) mass is 251 g/mol. The molecule has 100 valence electrons. The van der Waals surface area contributed by atoms with E-state index in [4.69, 9.17) is 9.47 Å². The first kappa shape index (κ1) is 14.4. The molecule has 18 heavy (non-hydrogen) atoms. The standard InChI is InChI=1S/C14H21NO3/c1-6-18-14(16)15-8-12-7-9(2)13(17-5)11(4)10(12)3/h7H,6,8H2,1-5H3,(H,15,16). The lowest BCUT2D eigenvalue weighted by atomic mass is 9.98. The number of benzene rings is 1. The van der Waals surface area contributed by atoms with Crippen LogP contribution in [0.4, 0.5) is 4.79 Å². The Morgan fingerprint density at radius 3 is 2.50 bits per heavy atom. The van der Waals surface area contributed by atoms with Gasteiger partial charge in [0.15, 0.2) is 0 Å². The topological polar surface area (TPSA) is 47.6 Å². The Balaban J connectivity index is 2.88. The molecule has 0 aliphatic rings. The summed E-state index contributed by atoms with van der Waals surface area (Å²) in [6.07, 6.45) is -0.386. The zero-order chi connectivity index (χ0) is 13.7. The number of carbonyl (C=O) groups excluding carboxylic acids is 1. The summed E-state index contributed by atoms with van der Waals surface area (Å²) >= 11 is 0. The Labute approximate surface area is 108 Å². The van der Waals surface area contributed by atoms with E-state index in [9.17, 15) is 4.79 Å². The molecule has 1 N–H and O–H groups in total. The van der Waals surface area contributed by atoms with Crippen molar-refractivity contribution in [3.8, 4) is 5.75 Å². The molecule has 0 bridgehead atoms. The molecule has 0 atom stereocenters. The number of nitrogens with one attached hydrogen (secondary N) is 1. The first-order chi connectivity index (χ1) is 8.51. The minimum absolute atomic E-state index is 0.380. The van der Waals surface area contributed by atoms with Crippen LogP contribution in [-0.2, 0) is 11.3 Å². The third-order valence-corrected chi connectivity index (χ3v) is 3.04. The maximum atomic E-state index is 11.3. The third kappa shape index (κ3) is 3.15. The van der Waals surface area contributed by atoms with Crippen molar-refractivity contribution in [2.45, 2.75) is 34.2 Å². The maximum Gasteiger partial charge on any atom is 0.407 e. The van der Waals surface area contributed by atoms with Gasteiger partial charge in [-0.1, -0.05) is 6.07 Å². The highest BCUT2D eigenvalue weighted by atomic mass is 16.5. The molecule has 1 aromatic carbocycles. The number of amides is 1. The van der Waals surface area contributed by atoms with Crippen LogP contribution in [-0.4, -0.2) is 19.8 Å². The number of hydrogen-bond donors (Lipinski definition) is 1. The van der Waals surface area contributed by atoms with Gasteiger partial charge in [0.2, 0.25) is 0 Å². The van der Waals surface area contributed by atoms with Crippen molar-refractivity contribution in [3.63, 3.8) is 0 Å². The summed E-state index contributed by atoms with van der Waals surface area (Å²) in [5.74, 6) is 0.910. The van der Waals surface area contributed by atoms with Gasteiger partial charge in [-0.3, -0.25) is 0 Å². The van der Waals surface area contributed by atoms with Crippen molar-refractivity contribution in [2.24, 2.45) is 0 Å². The fraction of sp³-hybridized carbons (Fsp3) is 0.500. The van der Waals surface area contributed by atoms with Crippen LogP contribution in [0.15, 0.2) is 6.07 Å². The number of carbonyl (C=O) groups is 1. The van der Waals surface area contributed by atoms with Gasteiger partial charge >= 0.3 is 6.09 Å². The Bertz CT molecular complexity index is 441. The summed E-state index contributed by atoms with van der Waals surface area (Å²) in [6.45, 7) is 8.68. The highest BCUT2D eigenvalue weighted by Crippen LogP contribution is 2.28. The number of rotatable bonds is 4. The fourth-order valence-electron chi connectivity index (χ4n) is 1.99. The van der Waals surface area contributed by atoms with Gasteiger partial charge in [-0.2, -0.15) is 0 Å². The largest absolute Gasteiger partial charge is 0.496 e. The molecule has 0 saturated carbocycles. The number of alkyl carbamates (subject to hydrolysis) is 1. The molecule has 1 rings (SSSR count). The lowest BCUT2D eigenvalue weighted by molar-refractivity contribution is 0.151. The zero-order valence-corrected chi connectivity index (χ0v) is 11.7. The molecule has 0 saturated heterocycles. The van der Waals surface area contributed by atoms with E-state index in [1.165, 1.54) is 0 Å². The van der Waals surface area contributed by atoms with Crippen LogP contribution in [0.5, 0.6) is 5.75 Å². The minimum Gasteiger partial charge on any atom is -0.496 e. The second-order valence-electron chi connectivity index (χ2n) is 4.21. The third-order valence-electron chi connectivity index (χ3n) is 3.04. The highest BCUT2D eigenvalue weighted by Gasteiger charge is 2.11. The number of aryl methyl sites for hydroxylation is 1. The molecule has 0 aliphatic carbocycles. The molecule has 0 fully saturated rings. The molecule has 4 nitrogen and oxygen atoms in total. The first-order valence-electron chi connectivity index (χ1n) is 6.05. The summed E-state index contributed by atoms with van der Waals surface area (Å²) in [5, 5.41) is 2.73. The predicted octanol–water partition coefficient (Wildman–Crippen LogP) is 2.87. The molecule has 0 aromatic heterocycles. The Morgan fingerprint density at radius 2 is 1.94 bits per heavy atom. The smallest absolute Gasteiger partial charge is 0.407 e. The van der Waals surface area contributed by atoms with Crippen molar-refractivity contribution in [1.82, 2.24) is 5.32 Å². The molecule has 4 heteroatoms. The Hall–Kier alpha value is -1.71. The fourth-order valence-corrected chi connectivity index (χ4v) is 1.99. The number of methoxy groups -OCH3 is 1. The van der Waals surface area contributed by atoms with E-state index in [2.05, 4.69) is 5.32 Å². The highest BCUT2D eigenvalue weighted by molar-refractivity contribution is 5.67. The van der Waals surface area contributed by atoms with E-state index in [-0.39, 0.29) is 6.09 Å². The summed E-state index contributed by atoms with van der Waals surface area (Å²) < 4.78 is 10.2. The SMILES string of the molecule is CCOC(=O)NCc1cc(C)c(OC)c(C)c1C. The molecule has 0 radical (unpaired) electrons. The van der Waals surface area contributed by atoms with Crippen LogP contribution in [0.3, 0.4) is 0 Å². The minimum atomic E-state index is -0.386. The van der Waals surface area contributed by atoms with Crippen molar-refractivity contribution in [2.75, 3.05) is 13.7 Å². The average molecular weight is 251 g/mol. The van der Waals surface area contributed by atoms with Crippen LogP contribution in [0.1, 0.15) is 29.2 Å². The molecule has 1 amide bonds. The normalized spacial score (nSPS) is 10.1. The van der Waals surface area contributed by atoms with E-state index in [1.807, 2.05) is 26.8 Å². The summed E-state index contributed by atoms with van der Waals surface area (Å²) in [4.78, 5) is 11.3. The van der Waals surface area contributed by atoms with E-state index in [0.29, 0.717) is 13.2 Å². The predicted molar refractivity (Wildman–Crippen MR) is 71.1 cm³/mol. The van der Waals surface area contributed by atoms with Gasteiger partial charge in [-0.15, -0.1) is 0 Å². The lowest BCUT2D eigenvalue weighted by Crippen LogP contribution is -2.24. The molecule has 0 unspecified atom stereocenters. The molecular weight excluding hydrogens is 230 g/mol. The number of hydrogen-bond acceptors (Lipinski definition) is 3. The van der Waals surface area contributed by atoms with Gasteiger partial charge in [-0.05, 0) is 49.9 Å². The van der Waals surface area contributed by atoms with Gasteiger partial charge < -0.3 is 14.8 Å². The van der Waals surface area contributed by atoms with E-state index >= 15 is 0 Å². The maximum absolute atomic E-state index is 11.3.